The largest absolute Gasteiger partial charge is 0.472 e. The summed E-state index contributed by atoms with van der Waals surface area (Å²) in [4.78, 5) is 2.23. The minimum Gasteiger partial charge on any atom is -0.472 e. The third-order valence-corrected chi connectivity index (χ3v) is 2.86. The molecular weight excluding hydrogens is 220 g/mol. The smallest absolute Gasteiger partial charge is 0.0947 e. The van der Waals surface area contributed by atoms with E-state index < -0.39 is 0 Å². The first kappa shape index (κ1) is 12.6. The molecule has 5 heteroatoms. The zero-order valence-corrected chi connectivity index (χ0v) is 9.97. The Labute approximate surface area is 101 Å². The number of hydrogen-bond donors (Lipinski definition) is 2. The summed E-state index contributed by atoms with van der Waals surface area (Å²) in [5.74, 6) is 0. The predicted octanol–water partition coefficient (Wildman–Crippen LogP) is 0.0623. The van der Waals surface area contributed by atoms with Gasteiger partial charge in [-0.25, -0.2) is 0 Å². The fraction of sp³-hybridized carbons (Fsp3) is 0.667. The van der Waals surface area contributed by atoms with Crippen LogP contribution in [0.2, 0.25) is 0 Å². The second-order valence-electron chi connectivity index (χ2n) is 4.33. The lowest BCUT2D eigenvalue weighted by atomic mass is 10.3. The first-order valence-electron chi connectivity index (χ1n) is 6.04. The van der Waals surface area contributed by atoms with E-state index in [0.717, 1.165) is 38.4 Å². The Balaban J connectivity index is 1.58. The van der Waals surface area contributed by atoms with Gasteiger partial charge in [-0.05, 0) is 6.07 Å². The third kappa shape index (κ3) is 4.47. The summed E-state index contributed by atoms with van der Waals surface area (Å²) < 4.78 is 10.2. The van der Waals surface area contributed by atoms with Gasteiger partial charge in [-0.1, -0.05) is 0 Å². The highest BCUT2D eigenvalue weighted by atomic mass is 16.5. The van der Waals surface area contributed by atoms with Crippen molar-refractivity contribution in [3.05, 3.63) is 24.2 Å². The molecule has 1 aromatic rings. The van der Waals surface area contributed by atoms with Gasteiger partial charge in [-0.2, -0.15) is 0 Å². The van der Waals surface area contributed by atoms with Crippen molar-refractivity contribution in [3.8, 4) is 0 Å². The number of nitrogens with zero attached hydrogens (tertiary/aromatic N) is 1. The topological polar surface area (TPSA) is 57.9 Å². The van der Waals surface area contributed by atoms with Crippen LogP contribution in [0.3, 0.4) is 0 Å². The van der Waals surface area contributed by atoms with Crippen LogP contribution in [-0.4, -0.2) is 55.5 Å². The number of hydrogen-bond acceptors (Lipinski definition) is 5. The first-order valence-corrected chi connectivity index (χ1v) is 6.04. The Hall–Kier alpha value is -0.880. The Bertz CT molecular complexity index is 297. The number of β-amino-alcohol motifs (C(OH)–C–C–N with tert-alkyl or cyclic N) is 1. The molecule has 2 N–H and O–H groups in total. The molecule has 1 aliphatic rings. The molecule has 0 amide bonds. The number of aliphatic hydroxyl groups excluding tert-OH is 1. The van der Waals surface area contributed by atoms with Crippen LogP contribution in [0.1, 0.15) is 5.56 Å². The van der Waals surface area contributed by atoms with Crippen LogP contribution in [-0.2, 0) is 11.3 Å². The summed E-state index contributed by atoms with van der Waals surface area (Å²) in [6.07, 6.45) is 3.03. The number of nitrogens with one attached hydrogen (secondary N) is 1. The SMILES string of the molecule is OC(CNCc1ccoc1)CN1CCOCC1. The van der Waals surface area contributed by atoms with E-state index in [1.807, 2.05) is 6.07 Å². The summed E-state index contributed by atoms with van der Waals surface area (Å²) in [5.41, 5.74) is 1.10. The maximum absolute atomic E-state index is 9.86. The van der Waals surface area contributed by atoms with E-state index in [4.69, 9.17) is 9.15 Å². The highest BCUT2D eigenvalue weighted by molar-refractivity contribution is 5.04. The molecule has 1 atom stereocenters. The van der Waals surface area contributed by atoms with E-state index in [9.17, 15) is 5.11 Å². The molecule has 0 radical (unpaired) electrons. The van der Waals surface area contributed by atoms with Gasteiger partial charge in [0.1, 0.15) is 0 Å². The van der Waals surface area contributed by atoms with Crippen LogP contribution >= 0.6 is 0 Å². The zero-order chi connectivity index (χ0) is 11.9. The summed E-state index contributed by atoms with van der Waals surface area (Å²) in [7, 11) is 0. The van der Waals surface area contributed by atoms with E-state index in [-0.39, 0.29) is 6.10 Å². The maximum Gasteiger partial charge on any atom is 0.0947 e. The van der Waals surface area contributed by atoms with Gasteiger partial charge in [0, 0.05) is 38.3 Å². The second kappa shape index (κ2) is 6.76. The Kier molecular flexibility index (Phi) is 5.00. The second-order valence-corrected chi connectivity index (χ2v) is 4.33. The molecule has 1 aromatic heterocycles. The molecule has 1 saturated heterocycles. The molecule has 0 spiro atoms. The Morgan fingerprint density at radius 2 is 2.24 bits per heavy atom. The summed E-state index contributed by atoms with van der Waals surface area (Å²) in [6.45, 7) is 5.42. The molecule has 0 bridgehead atoms. The van der Waals surface area contributed by atoms with Gasteiger partial charge in [-0.15, -0.1) is 0 Å². The molecule has 1 aliphatic heterocycles. The predicted molar refractivity (Wildman–Crippen MR) is 63.7 cm³/mol. The summed E-state index contributed by atoms with van der Waals surface area (Å²) in [6, 6.07) is 1.92. The number of rotatable bonds is 6. The quantitative estimate of drug-likeness (QED) is 0.736. The molecule has 17 heavy (non-hydrogen) atoms. The van der Waals surface area contributed by atoms with Gasteiger partial charge in [0.2, 0.25) is 0 Å². The van der Waals surface area contributed by atoms with Gasteiger partial charge < -0.3 is 19.6 Å². The average molecular weight is 240 g/mol. The number of furan rings is 1. The highest BCUT2D eigenvalue weighted by Gasteiger charge is 2.14. The van der Waals surface area contributed by atoms with Gasteiger partial charge >= 0.3 is 0 Å². The highest BCUT2D eigenvalue weighted by Crippen LogP contribution is 2.00. The average Bonchev–Trinajstić information content (AvgIpc) is 2.83. The van der Waals surface area contributed by atoms with Crippen LogP contribution in [0.15, 0.2) is 23.0 Å². The van der Waals surface area contributed by atoms with Gasteiger partial charge in [-0.3, -0.25) is 4.90 Å². The van der Waals surface area contributed by atoms with Crippen molar-refractivity contribution in [1.29, 1.82) is 0 Å². The zero-order valence-electron chi connectivity index (χ0n) is 9.97. The van der Waals surface area contributed by atoms with E-state index in [1.54, 1.807) is 12.5 Å². The monoisotopic (exact) mass is 240 g/mol. The normalized spacial score (nSPS) is 19.4. The molecule has 5 nitrogen and oxygen atoms in total. The van der Waals surface area contributed by atoms with Crippen molar-refractivity contribution in [2.45, 2.75) is 12.6 Å². The molecular formula is C12H20N2O3. The van der Waals surface area contributed by atoms with Crippen LogP contribution in [0.4, 0.5) is 0 Å². The van der Waals surface area contributed by atoms with E-state index in [1.165, 1.54) is 0 Å². The molecule has 0 aromatic carbocycles. The van der Waals surface area contributed by atoms with Gasteiger partial charge in [0.25, 0.3) is 0 Å². The molecule has 0 saturated carbocycles. The molecule has 2 rings (SSSR count). The summed E-state index contributed by atoms with van der Waals surface area (Å²) in [5, 5.41) is 13.1. The molecule has 96 valence electrons. The fourth-order valence-electron chi connectivity index (χ4n) is 1.92. The van der Waals surface area contributed by atoms with Gasteiger partial charge in [0.15, 0.2) is 0 Å². The lowest BCUT2D eigenvalue weighted by Crippen LogP contribution is -2.43. The minimum absolute atomic E-state index is 0.333. The minimum atomic E-state index is -0.333. The van der Waals surface area contributed by atoms with Gasteiger partial charge in [0.05, 0.1) is 31.8 Å². The standard InChI is InChI=1S/C12H20N2O3/c15-12(9-14-2-5-16-6-3-14)8-13-7-11-1-4-17-10-11/h1,4,10,12-13,15H,2-3,5-9H2. The van der Waals surface area contributed by atoms with E-state index in [2.05, 4.69) is 10.2 Å². The number of aliphatic hydroxyl groups is 1. The fourth-order valence-corrected chi connectivity index (χ4v) is 1.92. The van der Waals surface area contributed by atoms with Crippen LogP contribution in [0.5, 0.6) is 0 Å². The van der Waals surface area contributed by atoms with Crippen molar-refractivity contribution in [3.63, 3.8) is 0 Å². The summed E-state index contributed by atoms with van der Waals surface area (Å²) >= 11 is 0. The molecule has 2 heterocycles. The number of ether oxygens (including phenoxy) is 1. The third-order valence-electron chi connectivity index (χ3n) is 2.86. The van der Waals surface area contributed by atoms with Crippen molar-refractivity contribution in [2.75, 3.05) is 39.4 Å². The Morgan fingerprint density at radius 1 is 1.41 bits per heavy atom. The van der Waals surface area contributed by atoms with Crippen molar-refractivity contribution in [1.82, 2.24) is 10.2 Å². The lowest BCUT2D eigenvalue weighted by molar-refractivity contribution is 0.0149. The molecule has 0 aliphatic carbocycles. The van der Waals surface area contributed by atoms with E-state index >= 15 is 0 Å². The van der Waals surface area contributed by atoms with Crippen molar-refractivity contribution in [2.24, 2.45) is 0 Å². The van der Waals surface area contributed by atoms with E-state index in [0.29, 0.717) is 13.1 Å². The first-order chi connectivity index (χ1) is 8.34. The Morgan fingerprint density at radius 3 is 2.94 bits per heavy atom. The van der Waals surface area contributed by atoms with Crippen molar-refractivity contribution < 1.29 is 14.3 Å². The number of morpholine rings is 1. The lowest BCUT2D eigenvalue weighted by Gasteiger charge is -2.28. The van der Waals surface area contributed by atoms with Crippen LogP contribution < -0.4 is 5.32 Å². The molecule has 1 fully saturated rings. The van der Waals surface area contributed by atoms with Crippen molar-refractivity contribution >= 4 is 0 Å². The van der Waals surface area contributed by atoms with Crippen LogP contribution in [0.25, 0.3) is 0 Å². The molecule has 1 unspecified atom stereocenters. The van der Waals surface area contributed by atoms with Crippen LogP contribution in [0, 0.1) is 0 Å². The maximum atomic E-state index is 9.86.